The van der Waals surface area contributed by atoms with E-state index in [0.717, 1.165) is 19.3 Å². The Hall–Kier alpha value is -3.14. The van der Waals surface area contributed by atoms with Crippen LogP contribution in [0.4, 0.5) is 0 Å². The molecule has 1 aliphatic carbocycles. The molecule has 1 saturated heterocycles. The molecule has 3 N–H and O–H groups in total. The monoisotopic (exact) mass is 503 g/mol. The number of aromatic nitrogens is 2. The summed E-state index contributed by atoms with van der Waals surface area (Å²) < 4.78 is 4.89. The molecule has 11 heteroatoms. The van der Waals surface area contributed by atoms with Crippen molar-refractivity contribution in [2.75, 3.05) is 20.7 Å². The summed E-state index contributed by atoms with van der Waals surface area (Å²) in [6.07, 6.45) is 4.01. The summed E-state index contributed by atoms with van der Waals surface area (Å²) in [5, 5.41) is 5.99. The molecule has 0 radical (unpaired) electrons. The number of H-pyrrole nitrogens is 1. The summed E-state index contributed by atoms with van der Waals surface area (Å²) in [6, 6.07) is 3.38. The van der Waals surface area contributed by atoms with Crippen molar-refractivity contribution in [2.24, 2.45) is 11.8 Å². The zero-order valence-corrected chi connectivity index (χ0v) is 20.6. The number of fused-ring (bicyclic) bond motifs is 1. The molecule has 1 aromatic heterocycles. The van der Waals surface area contributed by atoms with Gasteiger partial charge in [-0.15, -0.1) is 0 Å². The highest BCUT2D eigenvalue weighted by atomic mass is 35.5. The standard InChI is InChI=1S/C24H30ClN5O5/c1-30(23(33)20-27-16-7-3-6-15(25)19(16)29-20)18(11-13-8-9-13)22(32)28-17(24(34)35-2)12-14-5-4-10-26-21(14)31/h3,6-7,13-14,17-18H,4-5,8-12H2,1-2H3,(H,26,31)(H,27,29)(H,28,32)/t14-,17-,18-/m0/s1. The predicted octanol–water partition coefficient (Wildman–Crippen LogP) is 2.03. The fraction of sp³-hybridized carbons (Fsp3) is 0.542. The minimum Gasteiger partial charge on any atom is -0.467 e. The van der Waals surface area contributed by atoms with E-state index >= 15 is 0 Å². The van der Waals surface area contributed by atoms with Crippen LogP contribution in [0.3, 0.4) is 0 Å². The van der Waals surface area contributed by atoms with Gasteiger partial charge in [0.25, 0.3) is 5.91 Å². The van der Waals surface area contributed by atoms with E-state index in [1.165, 1.54) is 12.0 Å². The topological polar surface area (TPSA) is 133 Å². The summed E-state index contributed by atoms with van der Waals surface area (Å²) in [5.41, 5.74) is 1.10. The van der Waals surface area contributed by atoms with Gasteiger partial charge in [-0.2, -0.15) is 0 Å². The normalized spacial score (nSPS) is 19.5. The molecule has 3 atom stereocenters. The lowest BCUT2D eigenvalue weighted by Gasteiger charge is -2.30. The number of rotatable bonds is 9. The lowest BCUT2D eigenvalue weighted by Crippen LogP contribution is -2.53. The van der Waals surface area contributed by atoms with Crippen molar-refractivity contribution in [3.05, 3.63) is 29.0 Å². The van der Waals surface area contributed by atoms with Gasteiger partial charge in [-0.1, -0.05) is 30.5 Å². The molecule has 0 bridgehead atoms. The van der Waals surface area contributed by atoms with Crippen LogP contribution in [0.2, 0.25) is 5.02 Å². The molecular formula is C24H30ClN5O5. The lowest BCUT2D eigenvalue weighted by atomic mass is 9.91. The van der Waals surface area contributed by atoms with Crippen LogP contribution in [0.5, 0.6) is 0 Å². The van der Waals surface area contributed by atoms with E-state index in [4.69, 9.17) is 16.3 Å². The second-order valence-corrected chi connectivity index (χ2v) is 9.69. The molecule has 1 aliphatic heterocycles. The number of nitrogens with one attached hydrogen (secondary N) is 3. The van der Waals surface area contributed by atoms with Gasteiger partial charge < -0.3 is 25.3 Å². The van der Waals surface area contributed by atoms with Crippen molar-refractivity contribution in [1.29, 1.82) is 0 Å². The van der Waals surface area contributed by atoms with Crippen molar-refractivity contribution in [2.45, 2.75) is 50.6 Å². The van der Waals surface area contributed by atoms with Gasteiger partial charge in [0.05, 0.1) is 23.2 Å². The van der Waals surface area contributed by atoms with E-state index in [-0.39, 0.29) is 18.2 Å². The highest BCUT2D eigenvalue weighted by Crippen LogP contribution is 2.35. The third-order valence-corrected chi connectivity index (χ3v) is 7.05. The second kappa shape index (κ2) is 10.6. The average Bonchev–Trinajstić information content (AvgIpc) is 3.57. The largest absolute Gasteiger partial charge is 0.467 e. The van der Waals surface area contributed by atoms with Crippen LogP contribution < -0.4 is 10.6 Å². The Morgan fingerprint density at radius 2 is 2.03 bits per heavy atom. The molecule has 2 fully saturated rings. The number of carbonyl (C=O) groups is 4. The number of likely N-dealkylation sites (N-methyl/N-ethyl adjacent to an activating group) is 1. The zero-order valence-electron chi connectivity index (χ0n) is 19.8. The lowest BCUT2D eigenvalue weighted by molar-refractivity contribution is -0.146. The molecule has 0 unspecified atom stereocenters. The van der Waals surface area contributed by atoms with Crippen LogP contribution in [-0.2, 0) is 19.1 Å². The fourth-order valence-corrected chi connectivity index (χ4v) is 4.70. The maximum atomic E-state index is 13.4. The number of carbonyl (C=O) groups excluding carboxylic acids is 4. The van der Waals surface area contributed by atoms with Crippen molar-refractivity contribution < 1.29 is 23.9 Å². The number of methoxy groups -OCH3 is 1. The number of imidazole rings is 1. The number of amides is 3. The van der Waals surface area contributed by atoms with Crippen molar-refractivity contribution >= 4 is 46.3 Å². The van der Waals surface area contributed by atoms with E-state index in [2.05, 4.69) is 20.6 Å². The summed E-state index contributed by atoms with van der Waals surface area (Å²) in [4.78, 5) is 60.0. The number of hydrogen-bond donors (Lipinski definition) is 3. The molecule has 2 aromatic rings. The molecule has 4 rings (SSSR count). The van der Waals surface area contributed by atoms with Gasteiger partial charge in [0.15, 0.2) is 5.82 Å². The highest BCUT2D eigenvalue weighted by Gasteiger charge is 2.38. The maximum absolute atomic E-state index is 13.4. The number of para-hydroxylation sites is 1. The van der Waals surface area contributed by atoms with Crippen LogP contribution in [0, 0.1) is 11.8 Å². The second-order valence-electron chi connectivity index (χ2n) is 9.28. The number of esters is 1. The van der Waals surface area contributed by atoms with Crippen LogP contribution in [0.1, 0.15) is 49.1 Å². The first-order valence-corrected chi connectivity index (χ1v) is 12.2. The SMILES string of the molecule is COC(=O)[C@H](C[C@@H]1CCCNC1=O)NC(=O)[C@H](CC1CC1)N(C)C(=O)c1nc2cccc(Cl)c2[nH]1. The summed E-state index contributed by atoms with van der Waals surface area (Å²) in [6.45, 7) is 0.605. The highest BCUT2D eigenvalue weighted by molar-refractivity contribution is 6.35. The smallest absolute Gasteiger partial charge is 0.328 e. The van der Waals surface area contributed by atoms with Gasteiger partial charge in [-0.3, -0.25) is 14.4 Å². The number of hydrogen-bond acceptors (Lipinski definition) is 6. The van der Waals surface area contributed by atoms with Crippen molar-refractivity contribution in [3.63, 3.8) is 0 Å². The molecular weight excluding hydrogens is 474 g/mol. The molecule has 10 nitrogen and oxygen atoms in total. The van der Waals surface area contributed by atoms with E-state index in [1.807, 2.05) is 0 Å². The molecule has 3 amide bonds. The van der Waals surface area contributed by atoms with E-state index in [9.17, 15) is 19.2 Å². The van der Waals surface area contributed by atoms with Gasteiger partial charge in [0.2, 0.25) is 11.8 Å². The molecule has 1 saturated carbocycles. The Labute approximate surface area is 208 Å². The number of halogens is 1. The number of piperidine rings is 1. The first-order valence-electron chi connectivity index (χ1n) is 11.9. The Bertz CT molecular complexity index is 1130. The third-order valence-electron chi connectivity index (χ3n) is 6.74. The number of aromatic amines is 1. The van der Waals surface area contributed by atoms with E-state index in [1.54, 1.807) is 25.2 Å². The Morgan fingerprint density at radius 3 is 2.69 bits per heavy atom. The number of nitrogens with zero attached hydrogens (tertiary/aromatic N) is 2. The molecule has 2 aliphatic rings. The van der Waals surface area contributed by atoms with Crippen LogP contribution >= 0.6 is 11.6 Å². The maximum Gasteiger partial charge on any atom is 0.328 e. The van der Waals surface area contributed by atoms with Crippen molar-refractivity contribution in [1.82, 2.24) is 25.5 Å². The number of benzene rings is 1. The predicted molar refractivity (Wildman–Crippen MR) is 129 cm³/mol. The molecule has 188 valence electrons. The van der Waals surface area contributed by atoms with Gasteiger partial charge in [-0.25, -0.2) is 9.78 Å². The first-order chi connectivity index (χ1) is 16.8. The van der Waals surface area contributed by atoms with Crippen LogP contribution in [0.25, 0.3) is 11.0 Å². The Morgan fingerprint density at radius 1 is 1.26 bits per heavy atom. The molecule has 1 aromatic carbocycles. The molecule has 0 spiro atoms. The zero-order chi connectivity index (χ0) is 25.1. The van der Waals surface area contributed by atoms with E-state index in [0.29, 0.717) is 41.4 Å². The summed E-state index contributed by atoms with van der Waals surface area (Å²) >= 11 is 6.20. The summed E-state index contributed by atoms with van der Waals surface area (Å²) in [5.74, 6) is -1.67. The minimum atomic E-state index is -0.989. The van der Waals surface area contributed by atoms with Gasteiger partial charge in [0, 0.05) is 19.5 Å². The molecule has 35 heavy (non-hydrogen) atoms. The number of ether oxygens (including phenoxy) is 1. The van der Waals surface area contributed by atoms with Crippen molar-refractivity contribution in [3.8, 4) is 0 Å². The van der Waals surface area contributed by atoms with Gasteiger partial charge in [-0.05, 0) is 43.7 Å². The summed E-state index contributed by atoms with van der Waals surface area (Å²) in [7, 11) is 2.79. The van der Waals surface area contributed by atoms with E-state index < -0.39 is 35.8 Å². The van der Waals surface area contributed by atoms with Gasteiger partial charge >= 0.3 is 5.97 Å². The van der Waals surface area contributed by atoms with Crippen LogP contribution in [0.15, 0.2) is 18.2 Å². The average molecular weight is 504 g/mol. The minimum absolute atomic E-state index is 0.0765. The third kappa shape index (κ3) is 5.75. The van der Waals surface area contributed by atoms with Gasteiger partial charge in [0.1, 0.15) is 12.1 Å². The Balaban J connectivity index is 1.51. The Kier molecular flexibility index (Phi) is 7.59. The van der Waals surface area contributed by atoms with Crippen LogP contribution in [-0.4, -0.2) is 71.3 Å². The molecule has 2 heterocycles. The fourth-order valence-electron chi connectivity index (χ4n) is 4.49. The quantitative estimate of drug-likeness (QED) is 0.448. The first kappa shape index (κ1) is 25.0.